The molecule has 0 fully saturated rings. The maximum absolute atomic E-state index is 14.9. The molecular weight excluding hydrogens is 431 g/mol. The van der Waals surface area contributed by atoms with Crippen LogP contribution in [0.2, 0.25) is 0 Å². The molecule has 1 aliphatic heterocycles. The van der Waals surface area contributed by atoms with Gasteiger partial charge in [-0.3, -0.25) is 9.78 Å². The number of aryl methyl sites for hydroxylation is 2. The summed E-state index contributed by atoms with van der Waals surface area (Å²) in [6, 6.07) is 16.4. The fourth-order valence-electron chi connectivity index (χ4n) is 4.68. The van der Waals surface area contributed by atoms with Crippen LogP contribution in [0.25, 0.3) is 11.1 Å². The zero-order chi connectivity index (χ0) is 24.0. The first-order chi connectivity index (χ1) is 16.3. The molecule has 0 radical (unpaired) electrons. The molecular formula is C27H23FN4O2. The summed E-state index contributed by atoms with van der Waals surface area (Å²) in [4.78, 5) is 21.6. The van der Waals surface area contributed by atoms with Crippen LogP contribution in [0.5, 0.6) is 5.75 Å². The number of rotatable bonds is 4. The fraction of sp³-hybridized carbons (Fsp3) is 0.148. The molecule has 2 N–H and O–H groups in total. The van der Waals surface area contributed by atoms with E-state index in [0.717, 1.165) is 22.3 Å². The molecule has 0 bridgehead atoms. The van der Waals surface area contributed by atoms with Crippen LogP contribution in [0, 0.1) is 12.7 Å². The van der Waals surface area contributed by atoms with Crippen molar-refractivity contribution >= 4 is 5.84 Å². The van der Waals surface area contributed by atoms with Gasteiger partial charge in [0.15, 0.2) is 0 Å². The molecule has 2 aromatic carbocycles. The number of amidine groups is 1. The maximum Gasteiger partial charge on any atom is 0.253 e. The number of hydrogen-bond donors (Lipinski definition) is 1. The quantitative estimate of drug-likeness (QED) is 0.507. The van der Waals surface area contributed by atoms with Crippen molar-refractivity contribution in [3.63, 3.8) is 0 Å². The number of halogens is 1. The molecule has 34 heavy (non-hydrogen) atoms. The lowest BCUT2D eigenvalue weighted by atomic mass is 9.77. The Kier molecular flexibility index (Phi) is 5.05. The highest BCUT2D eigenvalue weighted by atomic mass is 19.1. The van der Waals surface area contributed by atoms with Crippen molar-refractivity contribution in [1.82, 2.24) is 9.55 Å². The van der Waals surface area contributed by atoms with Crippen LogP contribution in [0.15, 0.2) is 83.0 Å². The summed E-state index contributed by atoms with van der Waals surface area (Å²) in [6.45, 7) is 1.76. The topological polar surface area (TPSA) is 82.5 Å². The molecule has 0 saturated carbocycles. The minimum Gasteiger partial charge on any atom is -0.495 e. The molecule has 1 unspecified atom stereocenters. The van der Waals surface area contributed by atoms with Crippen molar-refractivity contribution in [2.75, 3.05) is 7.11 Å². The number of nitrogens with zero attached hydrogens (tertiary/aromatic N) is 3. The van der Waals surface area contributed by atoms with Gasteiger partial charge >= 0.3 is 0 Å². The van der Waals surface area contributed by atoms with Gasteiger partial charge in [-0.1, -0.05) is 30.3 Å². The lowest BCUT2D eigenvalue weighted by Crippen LogP contribution is -2.29. The molecule has 5 rings (SSSR count). The summed E-state index contributed by atoms with van der Waals surface area (Å²) in [6.07, 6.45) is 5.14. The van der Waals surface area contributed by atoms with E-state index in [4.69, 9.17) is 15.5 Å². The second kappa shape index (κ2) is 7.95. The Hall–Kier alpha value is -4.26. The standard InChI is InChI=1S/C27H23FN4O2/c1-16-10-20(15-32(2)26(16)33)27(22-8-5-9-23(28)24(22)25(29)31-27)19-7-4-6-17(11-19)18-12-21(34-3)14-30-13-18/h4-15H,1-3H3,(H2,29,31). The molecule has 0 spiro atoms. The summed E-state index contributed by atoms with van der Waals surface area (Å²) in [5.41, 5.74) is 9.81. The second-order valence-electron chi connectivity index (χ2n) is 8.39. The number of methoxy groups -OCH3 is 1. The summed E-state index contributed by atoms with van der Waals surface area (Å²) in [7, 11) is 3.29. The Morgan fingerprint density at radius 3 is 2.59 bits per heavy atom. The van der Waals surface area contributed by atoms with Crippen LogP contribution >= 0.6 is 0 Å². The average molecular weight is 455 g/mol. The van der Waals surface area contributed by atoms with E-state index in [-0.39, 0.29) is 17.0 Å². The van der Waals surface area contributed by atoms with Gasteiger partial charge in [-0.25, -0.2) is 9.38 Å². The lowest BCUT2D eigenvalue weighted by molar-refractivity contribution is 0.413. The van der Waals surface area contributed by atoms with E-state index in [9.17, 15) is 9.18 Å². The zero-order valence-electron chi connectivity index (χ0n) is 19.0. The van der Waals surface area contributed by atoms with Crippen LogP contribution in [0.3, 0.4) is 0 Å². The SMILES string of the molecule is COc1cncc(-c2cccc(C3(c4cc(C)c(=O)n(C)c4)N=C(N)c4c(F)cccc43)c2)c1. The molecule has 0 saturated heterocycles. The number of benzene rings is 2. The molecule has 0 amide bonds. The third kappa shape index (κ3) is 3.20. The number of aliphatic imine (C=N–C) groups is 1. The van der Waals surface area contributed by atoms with Crippen molar-refractivity contribution in [2.24, 2.45) is 17.8 Å². The first kappa shape index (κ1) is 21.6. The van der Waals surface area contributed by atoms with Gasteiger partial charge in [0.2, 0.25) is 0 Å². The van der Waals surface area contributed by atoms with Crippen LogP contribution in [-0.4, -0.2) is 22.5 Å². The molecule has 2 aromatic heterocycles. The third-order valence-electron chi connectivity index (χ3n) is 6.29. The smallest absolute Gasteiger partial charge is 0.253 e. The van der Waals surface area contributed by atoms with Crippen LogP contribution < -0.4 is 16.0 Å². The minimum atomic E-state index is -1.12. The maximum atomic E-state index is 14.9. The Morgan fingerprint density at radius 2 is 1.82 bits per heavy atom. The first-order valence-electron chi connectivity index (χ1n) is 10.8. The highest BCUT2D eigenvalue weighted by molar-refractivity contribution is 6.03. The van der Waals surface area contributed by atoms with Gasteiger partial charge in [0, 0.05) is 41.7 Å². The third-order valence-corrected chi connectivity index (χ3v) is 6.29. The Morgan fingerprint density at radius 1 is 1.03 bits per heavy atom. The van der Waals surface area contributed by atoms with Gasteiger partial charge in [-0.2, -0.15) is 0 Å². The van der Waals surface area contributed by atoms with Crippen molar-refractivity contribution < 1.29 is 9.13 Å². The van der Waals surface area contributed by atoms with Crippen LogP contribution in [0.1, 0.15) is 27.8 Å². The number of nitrogens with two attached hydrogens (primary N) is 1. The summed E-state index contributed by atoms with van der Waals surface area (Å²) in [5.74, 6) is 0.324. The monoisotopic (exact) mass is 454 g/mol. The van der Waals surface area contributed by atoms with Gasteiger partial charge in [-0.05, 0) is 42.3 Å². The van der Waals surface area contributed by atoms with Crippen LogP contribution in [0.4, 0.5) is 4.39 Å². The van der Waals surface area contributed by atoms with E-state index >= 15 is 0 Å². The fourth-order valence-corrected chi connectivity index (χ4v) is 4.68. The molecule has 170 valence electrons. The first-order valence-corrected chi connectivity index (χ1v) is 10.8. The average Bonchev–Trinajstić information content (AvgIpc) is 3.16. The predicted molar refractivity (Wildman–Crippen MR) is 130 cm³/mol. The zero-order valence-corrected chi connectivity index (χ0v) is 19.0. The van der Waals surface area contributed by atoms with Crippen molar-refractivity contribution in [3.05, 3.63) is 117 Å². The number of pyridine rings is 2. The molecule has 6 nitrogen and oxygen atoms in total. The summed E-state index contributed by atoms with van der Waals surface area (Å²) in [5, 5.41) is 0. The van der Waals surface area contributed by atoms with Crippen molar-refractivity contribution in [2.45, 2.75) is 12.5 Å². The Labute approximate surface area is 196 Å². The lowest BCUT2D eigenvalue weighted by Gasteiger charge is -2.30. The summed E-state index contributed by atoms with van der Waals surface area (Å²) >= 11 is 0. The number of aromatic nitrogens is 2. The van der Waals surface area contributed by atoms with Crippen molar-refractivity contribution in [1.29, 1.82) is 0 Å². The van der Waals surface area contributed by atoms with Crippen molar-refractivity contribution in [3.8, 4) is 16.9 Å². The largest absolute Gasteiger partial charge is 0.495 e. The van der Waals surface area contributed by atoms with E-state index in [1.165, 1.54) is 10.6 Å². The summed E-state index contributed by atoms with van der Waals surface area (Å²) < 4.78 is 21.8. The number of ether oxygens (including phenoxy) is 1. The molecule has 4 aromatic rings. The normalized spacial score (nSPS) is 16.8. The Bertz CT molecular complexity index is 1500. The van der Waals surface area contributed by atoms with Gasteiger partial charge in [0.25, 0.3) is 5.56 Å². The van der Waals surface area contributed by atoms with Gasteiger partial charge in [0.1, 0.15) is 22.9 Å². The number of fused-ring (bicyclic) bond motifs is 1. The molecule has 3 heterocycles. The highest BCUT2D eigenvalue weighted by Crippen LogP contribution is 2.47. The highest BCUT2D eigenvalue weighted by Gasteiger charge is 2.44. The van der Waals surface area contributed by atoms with E-state index in [2.05, 4.69) is 4.98 Å². The van der Waals surface area contributed by atoms with E-state index in [1.807, 2.05) is 36.4 Å². The van der Waals surface area contributed by atoms with E-state index in [1.54, 1.807) is 51.8 Å². The molecule has 1 atom stereocenters. The van der Waals surface area contributed by atoms with E-state index in [0.29, 0.717) is 16.9 Å². The minimum absolute atomic E-state index is 0.107. The Balaban J connectivity index is 1.82. The number of hydrogen-bond acceptors (Lipinski definition) is 5. The van der Waals surface area contributed by atoms with Gasteiger partial charge in [0.05, 0.1) is 18.9 Å². The predicted octanol–water partition coefficient (Wildman–Crippen LogP) is 3.91. The molecule has 1 aliphatic rings. The van der Waals surface area contributed by atoms with Crippen LogP contribution in [-0.2, 0) is 12.6 Å². The molecule has 7 heteroatoms. The van der Waals surface area contributed by atoms with Gasteiger partial charge in [-0.15, -0.1) is 0 Å². The van der Waals surface area contributed by atoms with Gasteiger partial charge < -0.3 is 15.0 Å². The molecule has 0 aliphatic carbocycles. The van der Waals surface area contributed by atoms with E-state index < -0.39 is 11.4 Å². The second-order valence-corrected chi connectivity index (χ2v) is 8.39.